The summed E-state index contributed by atoms with van der Waals surface area (Å²) in [6.45, 7) is 0.200. The Morgan fingerprint density at radius 1 is 1.58 bits per heavy atom. The van der Waals surface area contributed by atoms with Gasteiger partial charge in [-0.15, -0.1) is 12.4 Å². The Labute approximate surface area is 78.0 Å². The minimum atomic E-state index is 0. The van der Waals surface area contributed by atoms with E-state index in [1.165, 1.54) is 0 Å². The number of nitrogens with two attached hydrogens (primary N) is 1. The van der Waals surface area contributed by atoms with Crippen LogP contribution in [0, 0.1) is 0 Å². The summed E-state index contributed by atoms with van der Waals surface area (Å²) in [5.41, 5.74) is 6.75. The molecule has 70 valence electrons. The smallest absolute Gasteiger partial charge is 0.0950 e. The van der Waals surface area contributed by atoms with Crippen LogP contribution in [-0.4, -0.2) is 11.7 Å². The van der Waals surface area contributed by atoms with Gasteiger partial charge in [-0.05, 0) is 18.9 Å². The van der Waals surface area contributed by atoms with Crippen molar-refractivity contribution in [2.45, 2.75) is 18.9 Å². The summed E-state index contributed by atoms with van der Waals surface area (Å²) in [6.07, 6.45) is 4.79. The van der Waals surface area contributed by atoms with Gasteiger partial charge in [0.05, 0.1) is 12.5 Å². The maximum atomic E-state index is 8.53. The first-order valence-corrected chi connectivity index (χ1v) is 3.73. The third-order valence-electron chi connectivity index (χ3n) is 1.64. The van der Waals surface area contributed by atoms with Crippen LogP contribution in [0.15, 0.2) is 23.0 Å². The summed E-state index contributed by atoms with van der Waals surface area (Å²) in [6, 6.07) is 1.85. The maximum absolute atomic E-state index is 8.53. The molecule has 0 aliphatic heterocycles. The Balaban J connectivity index is 0.00000121. The molecule has 0 aliphatic carbocycles. The Hall–Kier alpha value is -0.510. The summed E-state index contributed by atoms with van der Waals surface area (Å²) in [7, 11) is 0. The highest BCUT2D eigenvalue weighted by Crippen LogP contribution is 2.15. The fraction of sp³-hybridized carbons (Fsp3) is 0.500. The van der Waals surface area contributed by atoms with E-state index in [9.17, 15) is 0 Å². The van der Waals surface area contributed by atoms with E-state index in [0.29, 0.717) is 0 Å². The molecule has 0 aromatic carbocycles. The lowest BCUT2D eigenvalue weighted by Crippen LogP contribution is -2.09. The number of aliphatic hydroxyl groups excluding tert-OH is 1. The van der Waals surface area contributed by atoms with Gasteiger partial charge in [-0.25, -0.2) is 0 Å². The van der Waals surface area contributed by atoms with E-state index in [0.717, 1.165) is 18.4 Å². The molecule has 0 spiro atoms. The molecule has 0 amide bonds. The molecule has 0 fully saturated rings. The van der Waals surface area contributed by atoms with Crippen molar-refractivity contribution in [2.24, 2.45) is 5.73 Å². The zero-order chi connectivity index (χ0) is 8.10. The van der Waals surface area contributed by atoms with Crippen molar-refractivity contribution in [1.29, 1.82) is 0 Å². The molecule has 0 aliphatic rings. The van der Waals surface area contributed by atoms with Gasteiger partial charge in [0.1, 0.15) is 0 Å². The third-order valence-corrected chi connectivity index (χ3v) is 1.64. The average Bonchev–Trinajstić information content (AvgIpc) is 2.52. The van der Waals surface area contributed by atoms with Gasteiger partial charge in [0.25, 0.3) is 0 Å². The average molecular weight is 192 g/mol. The van der Waals surface area contributed by atoms with Crippen molar-refractivity contribution in [3.8, 4) is 0 Å². The van der Waals surface area contributed by atoms with Crippen LogP contribution in [-0.2, 0) is 0 Å². The number of hydrogen-bond donors (Lipinski definition) is 2. The van der Waals surface area contributed by atoms with Crippen LogP contribution in [0.2, 0.25) is 0 Å². The van der Waals surface area contributed by atoms with Crippen molar-refractivity contribution in [2.75, 3.05) is 6.61 Å². The summed E-state index contributed by atoms with van der Waals surface area (Å²) >= 11 is 0. The van der Waals surface area contributed by atoms with E-state index in [1.807, 2.05) is 6.07 Å². The van der Waals surface area contributed by atoms with Crippen molar-refractivity contribution in [3.63, 3.8) is 0 Å². The second-order valence-electron chi connectivity index (χ2n) is 2.53. The first-order chi connectivity index (χ1) is 5.34. The maximum Gasteiger partial charge on any atom is 0.0950 e. The predicted molar refractivity (Wildman–Crippen MR) is 49.2 cm³/mol. The van der Waals surface area contributed by atoms with E-state index in [4.69, 9.17) is 15.3 Å². The normalized spacial score (nSPS) is 12.2. The van der Waals surface area contributed by atoms with Gasteiger partial charge in [-0.2, -0.15) is 0 Å². The Morgan fingerprint density at radius 2 is 2.33 bits per heavy atom. The van der Waals surface area contributed by atoms with Crippen LogP contribution in [0.4, 0.5) is 0 Å². The first-order valence-electron chi connectivity index (χ1n) is 3.73. The van der Waals surface area contributed by atoms with E-state index < -0.39 is 0 Å². The van der Waals surface area contributed by atoms with Crippen LogP contribution in [0.3, 0.4) is 0 Å². The van der Waals surface area contributed by atoms with Gasteiger partial charge in [-0.1, -0.05) is 0 Å². The third kappa shape index (κ3) is 3.26. The number of hydrogen-bond acceptors (Lipinski definition) is 3. The predicted octanol–water partition coefficient (Wildman–Crippen LogP) is 1.47. The van der Waals surface area contributed by atoms with Gasteiger partial charge in [-0.3, -0.25) is 0 Å². The van der Waals surface area contributed by atoms with Crippen LogP contribution in [0.1, 0.15) is 24.4 Å². The monoisotopic (exact) mass is 191 g/mol. The highest BCUT2D eigenvalue weighted by molar-refractivity contribution is 5.85. The molecule has 0 saturated heterocycles. The molecule has 1 rings (SSSR count). The summed E-state index contributed by atoms with van der Waals surface area (Å²) in [5.74, 6) is 0. The lowest BCUT2D eigenvalue weighted by Gasteiger charge is -2.06. The van der Waals surface area contributed by atoms with Gasteiger partial charge < -0.3 is 15.3 Å². The number of furan rings is 1. The highest BCUT2D eigenvalue weighted by Gasteiger charge is 2.05. The molecule has 1 heterocycles. The molecule has 1 aromatic heterocycles. The van der Waals surface area contributed by atoms with Gasteiger partial charge in [0.2, 0.25) is 0 Å². The van der Waals surface area contributed by atoms with E-state index in [2.05, 4.69) is 0 Å². The van der Waals surface area contributed by atoms with Crippen LogP contribution >= 0.6 is 12.4 Å². The second kappa shape index (κ2) is 6.06. The second-order valence-corrected chi connectivity index (χ2v) is 2.53. The molecule has 3 nitrogen and oxygen atoms in total. The first kappa shape index (κ1) is 11.5. The van der Waals surface area contributed by atoms with Crippen molar-refractivity contribution >= 4 is 12.4 Å². The lowest BCUT2D eigenvalue weighted by molar-refractivity contribution is 0.280. The standard InChI is InChI=1S/C8H13NO2.ClH/c9-8(2-1-4-10)7-3-5-11-6-7;/h3,5-6,8,10H,1-2,4,9H2;1H/t8-;/m0./s1. The fourth-order valence-corrected chi connectivity index (χ4v) is 0.964. The molecular weight excluding hydrogens is 178 g/mol. The molecule has 1 atom stereocenters. The van der Waals surface area contributed by atoms with E-state index >= 15 is 0 Å². The van der Waals surface area contributed by atoms with Crippen molar-refractivity contribution in [3.05, 3.63) is 24.2 Å². The van der Waals surface area contributed by atoms with Crippen LogP contribution in [0.25, 0.3) is 0 Å². The van der Waals surface area contributed by atoms with E-state index in [-0.39, 0.29) is 25.1 Å². The Kier molecular flexibility index (Phi) is 5.80. The Bertz CT molecular complexity index is 189. The quantitative estimate of drug-likeness (QED) is 0.758. The summed E-state index contributed by atoms with van der Waals surface area (Å²) in [5, 5.41) is 8.53. The molecule has 4 heteroatoms. The zero-order valence-electron chi connectivity index (χ0n) is 6.77. The largest absolute Gasteiger partial charge is 0.472 e. The summed E-state index contributed by atoms with van der Waals surface area (Å²) < 4.78 is 4.87. The van der Waals surface area contributed by atoms with Crippen molar-refractivity contribution in [1.82, 2.24) is 0 Å². The fourth-order valence-electron chi connectivity index (χ4n) is 0.964. The minimum Gasteiger partial charge on any atom is -0.472 e. The SMILES string of the molecule is Cl.N[C@@H](CCCO)c1ccoc1. The Morgan fingerprint density at radius 3 is 2.83 bits per heavy atom. The molecular formula is C8H14ClNO2. The van der Waals surface area contributed by atoms with Crippen molar-refractivity contribution < 1.29 is 9.52 Å². The molecule has 0 radical (unpaired) electrons. The molecule has 12 heavy (non-hydrogen) atoms. The zero-order valence-corrected chi connectivity index (χ0v) is 7.59. The highest BCUT2D eigenvalue weighted by atomic mass is 35.5. The van der Waals surface area contributed by atoms with Gasteiger partial charge >= 0.3 is 0 Å². The topological polar surface area (TPSA) is 59.4 Å². The molecule has 0 saturated carbocycles. The van der Waals surface area contributed by atoms with Crippen LogP contribution < -0.4 is 5.73 Å². The van der Waals surface area contributed by atoms with Crippen LogP contribution in [0.5, 0.6) is 0 Å². The summed E-state index contributed by atoms with van der Waals surface area (Å²) in [4.78, 5) is 0. The van der Waals surface area contributed by atoms with E-state index in [1.54, 1.807) is 12.5 Å². The number of rotatable bonds is 4. The molecule has 3 N–H and O–H groups in total. The lowest BCUT2D eigenvalue weighted by atomic mass is 10.1. The minimum absolute atomic E-state index is 0. The molecule has 1 aromatic rings. The molecule has 0 bridgehead atoms. The molecule has 0 unspecified atom stereocenters. The number of aliphatic hydroxyl groups is 1. The number of halogens is 1. The van der Waals surface area contributed by atoms with Gasteiger partial charge in [0.15, 0.2) is 0 Å². The van der Waals surface area contributed by atoms with Gasteiger partial charge in [0, 0.05) is 18.2 Å².